The number of carbonyl (C=O) groups excluding carboxylic acids is 3. The van der Waals surface area contributed by atoms with Gasteiger partial charge < -0.3 is 19.7 Å². The standard InChI is InChI=1S/C13H24N2O5/c1-8(2)14-13(18)15(9(3)4)10(12(17)20-6)7-11(16)19-5/h8-10H,7H2,1-6H3,(H,14,18). The highest BCUT2D eigenvalue weighted by Crippen LogP contribution is 2.13. The molecule has 0 aliphatic heterocycles. The number of amides is 2. The van der Waals surface area contributed by atoms with Crippen molar-refractivity contribution in [3.8, 4) is 0 Å². The summed E-state index contributed by atoms with van der Waals surface area (Å²) in [6, 6.07) is -1.79. The van der Waals surface area contributed by atoms with Gasteiger partial charge >= 0.3 is 18.0 Å². The molecule has 2 amide bonds. The number of urea groups is 1. The zero-order valence-corrected chi connectivity index (χ0v) is 12.9. The monoisotopic (exact) mass is 288 g/mol. The molecule has 0 aliphatic rings. The van der Waals surface area contributed by atoms with Crippen molar-refractivity contribution < 1.29 is 23.9 Å². The van der Waals surface area contributed by atoms with Crippen molar-refractivity contribution in [2.24, 2.45) is 0 Å². The van der Waals surface area contributed by atoms with Crippen LogP contribution in [-0.4, -0.2) is 55.2 Å². The molecule has 1 N–H and O–H groups in total. The van der Waals surface area contributed by atoms with Crippen molar-refractivity contribution in [1.82, 2.24) is 10.2 Å². The van der Waals surface area contributed by atoms with E-state index in [1.807, 2.05) is 13.8 Å². The quantitative estimate of drug-likeness (QED) is 0.735. The molecular weight excluding hydrogens is 264 g/mol. The Kier molecular flexibility index (Phi) is 7.64. The van der Waals surface area contributed by atoms with Gasteiger partial charge in [-0.15, -0.1) is 0 Å². The highest BCUT2D eigenvalue weighted by molar-refractivity contribution is 5.87. The van der Waals surface area contributed by atoms with E-state index < -0.39 is 24.0 Å². The Hall–Kier alpha value is -1.79. The Labute approximate surface area is 119 Å². The van der Waals surface area contributed by atoms with E-state index in [2.05, 4.69) is 14.8 Å². The van der Waals surface area contributed by atoms with Crippen LogP contribution in [0.4, 0.5) is 4.79 Å². The van der Waals surface area contributed by atoms with Gasteiger partial charge in [0, 0.05) is 12.1 Å². The third kappa shape index (κ3) is 5.46. The molecule has 1 atom stereocenters. The van der Waals surface area contributed by atoms with Crippen molar-refractivity contribution >= 4 is 18.0 Å². The molecule has 0 spiro atoms. The number of hydrogen-bond donors (Lipinski definition) is 1. The third-order valence-electron chi connectivity index (χ3n) is 2.60. The fourth-order valence-corrected chi connectivity index (χ4v) is 1.73. The highest BCUT2D eigenvalue weighted by Gasteiger charge is 2.35. The van der Waals surface area contributed by atoms with Gasteiger partial charge in [0.25, 0.3) is 0 Å². The molecule has 0 aromatic rings. The Balaban J connectivity index is 5.26. The minimum atomic E-state index is -1.01. The Morgan fingerprint density at radius 3 is 1.95 bits per heavy atom. The van der Waals surface area contributed by atoms with Crippen LogP contribution in [0.3, 0.4) is 0 Å². The molecule has 116 valence electrons. The van der Waals surface area contributed by atoms with E-state index in [9.17, 15) is 14.4 Å². The summed E-state index contributed by atoms with van der Waals surface area (Å²) >= 11 is 0. The van der Waals surface area contributed by atoms with E-state index in [4.69, 9.17) is 0 Å². The number of ether oxygens (including phenoxy) is 2. The molecular formula is C13H24N2O5. The van der Waals surface area contributed by atoms with Crippen molar-refractivity contribution in [3.05, 3.63) is 0 Å². The summed E-state index contributed by atoms with van der Waals surface area (Å²) < 4.78 is 9.24. The van der Waals surface area contributed by atoms with E-state index in [-0.39, 0.29) is 18.5 Å². The van der Waals surface area contributed by atoms with Gasteiger partial charge in [-0.1, -0.05) is 0 Å². The average molecular weight is 288 g/mol. The van der Waals surface area contributed by atoms with Gasteiger partial charge in [-0.2, -0.15) is 0 Å². The molecule has 0 heterocycles. The fraction of sp³-hybridized carbons (Fsp3) is 0.769. The Bertz CT molecular complexity index is 355. The lowest BCUT2D eigenvalue weighted by atomic mass is 10.1. The van der Waals surface area contributed by atoms with Gasteiger partial charge in [-0.3, -0.25) is 4.79 Å². The molecule has 0 aromatic carbocycles. The topological polar surface area (TPSA) is 84.9 Å². The van der Waals surface area contributed by atoms with Crippen LogP contribution in [0.15, 0.2) is 0 Å². The summed E-state index contributed by atoms with van der Waals surface area (Å²) in [5, 5.41) is 2.70. The second kappa shape index (κ2) is 8.39. The maximum Gasteiger partial charge on any atom is 0.329 e. The van der Waals surface area contributed by atoms with Crippen molar-refractivity contribution in [2.45, 2.75) is 52.2 Å². The number of esters is 2. The number of rotatable bonds is 6. The molecule has 0 bridgehead atoms. The van der Waals surface area contributed by atoms with E-state index in [1.165, 1.54) is 19.1 Å². The Morgan fingerprint density at radius 2 is 1.60 bits per heavy atom. The van der Waals surface area contributed by atoms with E-state index in [0.717, 1.165) is 0 Å². The number of nitrogens with one attached hydrogen (secondary N) is 1. The van der Waals surface area contributed by atoms with Crippen molar-refractivity contribution in [2.75, 3.05) is 14.2 Å². The van der Waals surface area contributed by atoms with Gasteiger partial charge in [0.15, 0.2) is 0 Å². The largest absolute Gasteiger partial charge is 0.469 e. The summed E-state index contributed by atoms with van der Waals surface area (Å²) in [4.78, 5) is 36.8. The molecule has 20 heavy (non-hydrogen) atoms. The van der Waals surface area contributed by atoms with Gasteiger partial charge in [-0.05, 0) is 27.7 Å². The summed E-state index contributed by atoms with van der Waals surface area (Å²) in [5.41, 5.74) is 0. The lowest BCUT2D eigenvalue weighted by Crippen LogP contribution is -2.55. The van der Waals surface area contributed by atoms with Gasteiger partial charge in [-0.25, -0.2) is 9.59 Å². The highest BCUT2D eigenvalue weighted by atomic mass is 16.5. The first-order valence-electron chi connectivity index (χ1n) is 6.48. The fourth-order valence-electron chi connectivity index (χ4n) is 1.73. The molecule has 0 saturated carbocycles. The SMILES string of the molecule is COC(=O)CC(C(=O)OC)N(C(=O)NC(C)C)C(C)C. The van der Waals surface area contributed by atoms with Gasteiger partial charge in [0.1, 0.15) is 6.04 Å². The van der Waals surface area contributed by atoms with Crippen LogP contribution >= 0.6 is 0 Å². The predicted octanol–water partition coefficient (Wildman–Crippen LogP) is 0.919. The number of hydrogen-bond acceptors (Lipinski definition) is 5. The second-order valence-corrected chi connectivity index (χ2v) is 4.92. The minimum absolute atomic E-state index is 0.0832. The molecule has 0 fully saturated rings. The molecule has 7 heteroatoms. The number of carbonyl (C=O) groups is 3. The molecule has 0 aromatic heterocycles. The first kappa shape index (κ1) is 18.2. The van der Waals surface area contributed by atoms with Crippen molar-refractivity contribution in [1.29, 1.82) is 0 Å². The van der Waals surface area contributed by atoms with Crippen LogP contribution in [0.1, 0.15) is 34.1 Å². The van der Waals surface area contributed by atoms with Crippen LogP contribution in [0.2, 0.25) is 0 Å². The summed E-state index contributed by atoms with van der Waals surface area (Å²) in [6.07, 6.45) is -0.243. The van der Waals surface area contributed by atoms with Crippen molar-refractivity contribution in [3.63, 3.8) is 0 Å². The molecule has 0 radical (unpaired) electrons. The van der Waals surface area contributed by atoms with Gasteiger partial charge in [0.2, 0.25) is 0 Å². The van der Waals surface area contributed by atoms with Gasteiger partial charge in [0.05, 0.1) is 20.6 Å². The van der Waals surface area contributed by atoms with E-state index in [0.29, 0.717) is 0 Å². The van der Waals surface area contributed by atoms with Crippen LogP contribution in [0.5, 0.6) is 0 Å². The zero-order chi connectivity index (χ0) is 15.9. The number of methoxy groups -OCH3 is 2. The third-order valence-corrected chi connectivity index (χ3v) is 2.60. The molecule has 1 unspecified atom stereocenters. The molecule has 7 nitrogen and oxygen atoms in total. The Morgan fingerprint density at radius 1 is 1.05 bits per heavy atom. The summed E-state index contributed by atoms with van der Waals surface area (Å²) in [6.45, 7) is 7.13. The maximum atomic E-state index is 12.2. The zero-order valence-electron chi connectivity index (χ0n) is 12.9. The van der Waals surface area contributed by atoms with Crippen LogP contribution in [0.25, 0.3) is 0 Å². The predicted molar refractivity (Wildman–Crippen MR) is 73.1 cm³/mol. The first-order chi connectivity index (χ1) is 9.24. The van der Waals surface area contributed by atoms with E-state index in [1.54, 1.807) is 13.8 Å². The molecule has 0 aliphatic carbocycles. The average Bonchev–Trinajstić information content (AvgIpc) is 2.35. The summed E-state index contributed by atoms with van der Waals surface area (Å²) in [5.74, 6) is -1.23. The van der Waals surface area contributed by atoms with Crippen LogP contribution < -0.4 is 5.32 Å². The normalized spacial score (nSPS) is 12.0. The smallest absolute Gasteiger partial charge is 0.329 e. The number of nitrogens with zero attached hydrogens (tertiary/aromatic N) is 1. The van der Waals surface area contributed by atoms with E-state index >= 15 is 0 Å². The lowest BCUT2D eigenvalue weighted by molar-refractivity contribution is -0.152. The van der Waals surface area contributed by atoms with Crippen LogP contribution in [0, 0.1) is 0 Å². The molecule has 0 saturated heterocycles. The second-order valence-electron chi connectivity index (χ2n) is 4.92. The molecule has 0 rings (SSSR count). The first-order valence-corrected chi connectivity index (χ1v) is 6.48. The minimum Gasteiger partial charge on any atom is -0.469 e. The maximum absolute atomic E-state index is 12.2. The lowest BCUT2D eigenvalue weighted by Gasteiger charge is -2.33. The summed E-state index contributed by atoms with van der Waals surface area (Å²) in [7, 11) is 2.44. The van der Waals surface area contributed by atoms with Crippen LogP contribution in [-0.2, 0) is 19.1 Å².